The van der Waals surface area contributed by atoms with Crippen LogP contribution >= 0.6 is 0 Å². The van der Waals surface area contributed by atoms with Crippen LogP contribution in [-0.2, 0) is 0 Å². The molecule has 3 heteroatoms. The van der Waals surface area contributed by atoms with Gasteiger partial charge in [0.15, 0.2) is 0 Å². The molecule has 0 aliphatic carbocycles. The van der Waals surface area contributed by atoms with E-state index in [2.05, 4.69) is 17.2 Å². The fourth-order valence-corrected chi connectivity index (χ4v) is 1.47. The minimum Gasteiger partial charge on any atom is -0.352 e. The first kappa shape index (κ1) is 13.5. The number of amides is 1. The predicted octanol–water partition coefficient (Wildman–Crippen LogP) is 1.97. The number of unbranched alkanes of at least 4 members (excludes halogenated alkanes) is 1. The monoisotopic (exact) mass is 232 g/mol. The second-order valence-corrected chi connectivity index (χ2v) is 3.82. The van der Waals surface area contributed by atoms with Gasteiger partial charge in [-0.05, 0) is 31.5 Å². The van der Waals surface area contributed by atoms with E-state index in [4.69, 9.17) is 0 Å². The fraction of sp³-hybridized carbons (Fsp3) is 0.357. The molecule has 0 atom stereocenters. The van der Waals surface area contributed by atoms with Crippen molar-refractivity contribution in [2.75, 3.05) is 19.6 Å². The molecule has 0 fully saturated rings. The van der Waals surface area contributed by atoms with Crippen molar-refractivity contribution in [2.45, 2.75) is 12.8 Å². The highest BCUT2D eigenvalue weighted by Crippen LogP contribution is 1.97. The van der Waals surface area contributed by atoms with Crippen LogP contribution in [0.1, 0.15) is 23.2 Å². The number of nitrogens with one attached hydrogen (secondary N) is 2. The molecule has 0 bridgehead atoms. The summed E-state index contributed by atoms with van der Waals surface area (Å²) in [7, 11) is 0. The maximum Gasteiger partial charge on any atom is 0.251 e. The van der Waals surface area contributed by atoms with Crippen molar-refractivity contribution in [1.29, 1.82) is 0 Å². The highest BCUT2D eigenvalue weighted by atomic mass is 16.1. The molecule has 17 heavy (non-hydrogen) atoms. The molecule has 1 rings (SSSR count). The van der Waals surface area contributed by atoms with Gasteiger partial charge in [0, 0.05) is 18.7 Å². The summed E-state index contributed by atoms with van der Waals surface area (Å²) in [6.07, 6.45) is 3.89. The van der Waals surface area contributed by atoms with Gasteiger partial charge in [-0.15, -0.1) is 6.58 Å². The third-order valence-electron chi connectivity index (χ3n) is 2.39. The molecule has 0 saturated carbocycles. The Morgan fingerprint density at radius 2 is 1.88 bits per heavy atom. The summed E-state index contributed by atoms with van der Waals surface area (Å²) in [6, 6.07) is 9.28. The SMILES string of the molecule is C=CCNCCCCNC(=O)c1ccccc1. The van der Waals surface area contributed by atoms with E-state index in [-0.39, 0.29) is 5.91 Å². The van der Waals surface area contributed by atoms with Crippen LogP contribution in [0.5, 0.6) is 0 Å². The largest absolute Gasteiger partial charge is 0.352 e. The average molecular weight is 232 g/mol. The summed E-state index contributed by atoms with van der Waals surface area (Å²) in [4.78, 5) is 11.6. The molecule has 0 aliphatic rings. The zero-order valence-corrected chi connectivity index (χ0v) is 10.1. The average Bonchev–Trinajstić information content (AvgIpc) is 2.38. The van der Waals surface area contributed by atoms with Crippen molar-refractivity contribution in [2.24, 2.45) is 0 Å². The van der Waals surface area contributed by atoms with Crippen LogP contribution < -0.4 is 10.6 Å². The zero-order chi connectivity index (χ0) is 12.3. The van der Waals surface area contributed by atoms with Crippen molar-refractivity contribution in [1.82, 2.24) is 10.6 Å². The Bertz CT molecular complexity index is 335. The van der Waals surface area contributed by atoms with Crippen molar-refractivity contribution in [3.05, 3.63) is 48.6 Å². The summed E-state index contributed by atoms with van der Waals surface area (Å²) >= 11 is 0. The Balaban J connectivity index is 2.07. The first-order valence-corrected chi connectivity index (χ1v) is 5.99. The number of rotatable bonds is 8. The maximum atomic E-state index is 11.6. The van der Waals surface area contributed by atoms with Gasteiger partial charge < -0.3 is 10.6 Å². The summed E-state index contributed by atoms with van der Waals surface area (Å²) < 4.78 is 0. The molecule has 1 amide bonds. The molecule has 3 nitrogen and oxygen atoms in total. The van der Waals surface area contributed by atoms with E-state index >= 15 is 0 Å². The highest BCUT2D eigenvalue weighted by molar-refractivity contribution is 5.94. The molecule has 0 aliphatic heterocycles. The normalized spacial score (nSPS) is 9.88. The van der Waals surface area contributed by atoms with Gasteiger partial charge >= 0.3 is 0 Å². The Morgan fingerprint density at radius 3 is 2.59 bits per heavy atom. The lowest BCUT2D eigenvalue weighted by Crippen LogP contribution is -2.25. The Hall–Kier alpha value is -1.61. The number of hydrogen-bond donors (Lipinski definition) is 2. The summed E-state index contributed by atoms with van der Waals surface area (Å²) in [6.45, 7) is 6.17. The molecule has 1 aromatic rings. The second-order valence-electron chi connectivity index (χ2n) is 3.82. The molecule has 0 radical (unpaired) electrons. The molecule has 0 spiro atoms. The van der Waals surface area contributed by atoms with Crippen LogP contribution in [0.25, 0.3) is 0 Å². The van der Waals surface area contributed by atoms with E-state index in [9.17, 15) is 4.79 Å². The van der Waals surface area contributed by atoms with Crippen LogP contribution in [0.2, 0.25) is 0 Å². The van der Waals surface area contributed by atoms with E-state index in [1.165, 1.54) is 0 Å². The smallest absolute Gasteiger partial charge is 0.251 e. The van der Waals surface area contributed by atoms with E-state index in [1.54, 1.807) is 0 Å². The standard InChI is InChI=1S/C14H20N2O/c1-2-10-15-11-6-7-12-16-14(17)13-8-4-3-5-9-13/h2-5,8-9,15H,1,6-7,10-12H2,(H,16,17). The molecule has 0 heterocycles. The number of benzene rings is 1. The Labute approximate surface area is 103 Å². The molecule has 0 saturated heterocycles. The lowest BCUT2D eigenvalue weighted by Gasteiger charge is -2.05. The van der Waals surface area contributed by atoms with Gasteiger partial charge in [-0.25, -0.2) is 0 Å². The van der Waals surface area contributed by atoms with Gasteiger partial charge in [-0.3, -0.25) is 4.79 Å². The third kappa shape index (κ3) is 5.88. The quantitative estimate of drug-likeness (QED) is 0.531. The maximum absolute atomic E-state index is 11.6. The molecule has 0 aromatic heterocycles. The van der Waals surface area contributed by atoms with Crippen molar-refractivity contribution in [3.8, 4) is 0 Å². The van der Waals surface area contributed by atoms with Crippen LogP contribution in [0.3, 0.4) is 0 Å². The van der Waals surface area contributed by atoms with E-state index in [0.717, 1.165) is 38.0 Å². The lowest BCUT2D eigenvalue weighted by atomic mass is 10.2. The number of carbonyl (C=O) groups excluding carboxylic acids is 1. The van der Waals surface area contributed by atoms with Crippen LogP contribution in [0, 0.1) is 0 Å². The van der Waals surface area contributed by atoms with Crippen molar-refractivity contribution >= 4 is 5.91 Å². The molecule has 0 unspecified atom stereocenters. The Morgan fingerprint density at radius 1 is 1.18 bits per heavy atom. The first-order chi connectivity index (χ1) is 8.34. The highest BCUT2D eigenvalue weighted by Gasteiger charge is 2.02. The summed E-state index contributed by atoms with van der Waals surface area (Å²) in [5.41, 5.74) is 0.720. The van der Waals surface area contributed by atoms with Crippen molar-refractivity contribution in [3.63, 3.8) is 0 Å². The zero-order valence-electron chi connectivity index (χ0n) is 10.1. The second kappa shape index (κ2) is 8.53. The Kier molecular flexibility index (Phi) is 6.75. The fourth-order valence-electron chi connectivity index (χ4n) is 1.47. The summed E-state index contributed by atoms with van der Waals surface area (Å²) in [5.74, 6) is 0.00431. The van der Waals surface area contributed by atoms with E-state index in [0.29, 0.717) is 0 Å². The molecule has 2 N–H and O–H groups in total. The van der Waals surface area contributed by atoms with Gasteiger partial charge in [0.25, 0.3) is 5.91 Å². The van der Waals surface area contributed by atoms with Crippen molar-refractivity contribution < 1.29 is 4.79 Å². The van der Waals surface area contributed by atoms with Gasteiger partial charge in [-0.2, -0.15) is 0 Å². The van der Waals surface area contributed by atoms with Gasteiger partial charge in [-0.1, -0.05) is 24.3 Å². The minimum absolute atomic E-state index is 0.00431. The third-order valence-corrected chi connectivity index (χ3v) is 2.39. The number of hydrogen-bond acceptors (Lipinski definition) is 2. The predicted molar refractivity (Wildman–Crippen MR) is 71.1 cm³/mol. The van der Waals surface area contributed by atoms with Gasteiger partial charge in [0.1, 0.15) is 0 Å². The number of carbonyl (C=O) groups is 1. The van der Waals surface area contributed by atoms with E-state index in [1.807, 2.05) is 36.4 Å². The van der Waals surface area contributed by atoms with Crippen LogP contribution in [-0.4, -0.2) is 25.5 Å². The summed E-state index contributed by atoms with van der Waals surface area (Å²) in [5, 5.41) is 6.13. The molecule has 92 valence electrons. The first-order valence-electron chi connectivity index (χ1n) is 5.99. The van der Waals surface area contributed by atoms with E-state index < -0.39 is 0 Å². The topological polar surface area (TPSA) is 41.1 Å². The van der Waals surface area contributed by atoms with Crippen LogP contribution in [0.15, 0.2) is 43.0 Å². The van der Waals surface area contributed by atoms with Gasteiger partial charge in [0.2, 0.25) is 0 Å². The molecular weight excluding hydrogens is 212 g/mol. The molecular formula is C14H20N2O. The van der Waals surface area contributed by atoms with Gasteiger partial charge in [0.05, 0.1) is 0 Å². The molecule has 1 aromatic carbocycles. The van der Waals surface area contributed by atoms with Crippen LogP contribution in [0.4, 0.5) is 0 Å². The lowest BCUT2D eigenvalue weighted by molar-refractivity contribution is 0.0953. The minimum atomic E-state index is 0.00431.